The quantitative estimate of drug-likeness (QED) is 0.489. The van der Waals surface area contributed by atoms with Gasteiger partial charge < -0.3 is 10.2 Å². The second-order valence-electron chi connectivity index (χ2n) is 4.21. The number of methoxy groups -OCH3 is 1. The van der Waals surface area contributed by atoms with Crippen molar-refractivity contribution in [2.45, 2.75) is 30.7 Å². The maximum Gasteiger partial charge on any atom is 0.242 e. The normalized spacial score (nSPS) is 13.2. The summed E-state index contributed by atoms with van der Waals surface area (Å²) in [6.45, 7) is 2.27. The molecule has 1 aromatic heterocycles. The first-order valence-electron chi connectivity index (χ1n) is 6.08. The Morgan fingerprint density at radius 1 is 1.55 bits per heavy atom. The number of ether oxygens (including phenoxy) is 1. The highest BCUT2D eigenvalue weighted by atomic mass is 35.5. The largest absolute Gasteiger partial charge is 0.383 e. The van der Waals surface area contributed by atoms with Crippen LogP contribution in [-0.4, -0.2) is 33.2 Å². The monoisotopic (exact) mass is 322 g/mol. The van der Waals surface area contributed by atoms with Gasteiger partial charge in [-0.25, -0.2) is 24.0 Å². The van der Waals surface area contributed by atoms with Gasteiger partial charge in [-0.1, -0.05) is 24.9 Å². The molecule has 1 rings (SSSR count). The first-order valence-corrected chi connectivity index (χ1v) is 7.94. The first kappa shape index (κ1) is 17.1. The lowest BCUT2D eigenvalue weighted by Gasteiger charge is -2.17. The zero-order valence-corrected chi connectivity index (χ0v) is 13.0. The van der Waals surface area contributed by atoms with Gasteiger partial charge in [0, 0.05) is 19.3 Å². The van der Waals surface area contributed by atoms with Crippen LogP contribution in [0.5, 0.6) is 0 Å². The lowest BCUT2D eigenvalue weighted by Crippen LogP contribution is -2.37. The van der Waals surface area contributed by atoms with E-state index in [0.29, 0.717) is 13.0 Å². The molecule has 0 saturated heterocycles. The molecule has 0 aromatic carbocycles. The van der Waals surface area contributed by atoms with E-state index in [2.05, 4.69) is 15.1 Å². The molecule has 0 saturated carbocycles. The van der Waals surface area contributed by atoms with Crippen LogP contribution in [0.4, 0.5) is 5.82 Å². The number of anilines is 1. The summed E-state index contributed by atoms with van der Waals surface area (Å²) in [4.78, 5) is 3.83. The van der Waals surface area contributed by atoms with Gasteiger partial charge in [0.2, 0.25) is 10.0 Å². The molecular weight excluding hydrogens is 304 g/mol. The summed E-state index contributed by atoms with van der Waals surface area (Å²) in [6.07, 6.45) is 2.71. The molecule has 0 aliphatic carbocycles. The van der Waals surface area contributed by atoms with Crippen LogP contribution in [0.1, 0.15) is 19.8 Å². The number of hydrogen-bond donors (Lipinski definition) is 3. The molecule has 114 valence electrons. The number of nitrogen functional groups attached to an aromatic ring is 1. The number of halogens is 1. The van der Waals surface area contributed by atoms with Crippen LogP contribution in [0.15, 0.2) is 17.2 Å². The summed E-state index contributed by atoms with van der Waals surface area (Å²) in [5.74, 6) is 5.41. The second-order valence-corrected chi connectivity index (χ2v) is 6.33. The molecule has 1 unspecified atom stereocenters. The Hall–Kier alpha value is -0.930. The number of rotatable bonds is 8. The van der Waals surface area contributed by atoms with Crippen LogP contribution >= 0.6 is 11.6 Å². The van der Waals surface area contributed by atoms with Gasteiger partial charge in [-0.2, -0.15) is 0 Å². The van der Waals surface area contributed by atoms with E-state index in [1.165, 1.54) is 19.4 Å². The van der Waals surface area contributed by atoms with E-state index in [4.69, 9.17) is 22.2 Å². The predicted molar refractivity (Wildman–Crippen MR) is 78.0 cm³/mol. The zero-order valence-electron chi connectivity index (χ0n) is 11.4. The molecule has 0 amide bonds. The van der Waals surface area contributed by atoms with E-state index in [-0.39, 0.29) is 21.8 Å². The van der Waals surface area contributed by atoms with Crippen molar-refractivity contribution in [3.63, 3.8) is 0 Å². The summed E-state index contributed by atoms with van der Waals surface area (Å²) in [5, 5.41) is 0.133. The highest BCUT2D eigenvalue weighted by Gasteiger charge is 2.21. The SMILES string of the molecule is CCCC(COC)NS(=O)(=O)c1cnc(NN)c(Cl)c1. The molecule has 0 bridgehead atoms. The third-order valence-electron chi connectivity index (χ3n) is 2.59. The molecule has 7 nitrogen and oxygen atoms in total. The van der Waals surface area contributed by atoms with Crippen molar-refractivity contribution in [2.75, 3.05) is 19.1 Å². The van der Waals surface area contributed by atoms with Gasteiger partial charge in [-0.15, -0.1) is 0 Å². The number of sulfonamides is 1. The van der Waals surface area contributed by atoms with Crippen molar-refractivity contribution in [1.82, 2.24) is 9.71 Å². The van der Waals surface area contributed by atoms with Gasteiger partial charge in [-0.05, 0) is 12.5 Å². The lowest BCUT2D eigenvalue weighted by atomic mass is 10.2. The highest BCUT2D eigenvalue weighted by Crippen LogP contribution is 2.21. The van der Waals surface area contributed by atoms with Crippen LogP contribution in [0.2, 0.25) is 5.02 Å². The van der Waals surface area contributed by atoms with Crippen molar-refractivity contribution in [2.24, 2.45) is 5.84 Å². The predicted octanol–water partition coefficient (Wildman–Crippen LogP) is 1.11. The van der Waals surface area contributed by atoms with E-state index in [1.54, 1.807) is 0 Å². The van der Waals surface area contributed by atoms with Gasteiger partial charge in [0.1, 0.15) is 4.90 Å². The summed E-state index contributed by atoms with van der Waals surface area (Å²) in [5.41, 5.74) is 2.28. The average molecular weight is 323 g/mol. The molecule has 0 radical (unpaired) electrons. The molecule has 0 aliphatic heterocycles. The third kappa shape index (κ3) is 4.57. The van der Waals surface area contributed by atoms with Gasteiger partial charge in [0.15, 0.2) is 5.82 Å². The lowest BCUT2D eigenvalue weighted by molar-refractivity contribution is 0.171. The van der Waals surface area contributed by atoms with Gasteiger partial charge in [-0.3, -0.25) is 0 Å². The number of aromatic nitrogens is 1. The number of nitrogens with zero attached hydrogens (tertiary/aromatic N) is 1. The van der Waals surface area contributed by atoms with Crippen LogP contribution < -0.4 is 16.0 Å². The van der Waals surface area contributed by atoms with Crippen LogP contribution in [-0.2, 0) is 14.8 Å². The summed E-state index contributed by atoms with van der Waals surface area (Å²) in [6, 6.07) is 1.00. The molecule has 9 heteroatoms. The number of nitrogens with two attached hydrogens (primary N) is 1. The van der Waals surface area contributed by atoms with Crippen LogP contribution in [0.25, 0.3) is 0 Å². The molecule has 1 heterocycles. The van der Waals surface area contributed by atoms with Gasteiger partial charge in [0.05, 0.1) is 11.6 Å². The molecule has 20 heavy (non-hydrogen) atoms. The van der Waals surface area contributed by atoms with E-state index in [9.17, 15) is 8.42 Å². The van der Waals surface area contributed by atoms with Crippen LogP contribution in [0, 0.1) is 0 Å². The van der Waals surface area contributed by atoms with Crippen molar-refractivity contribution in [3.8, 4) is 0 Å². The average Bonchev–Trinajstić information content (AvgIpc) is 2.38. The maximum atomic E-state index is 12.2. The van der Waals surface area contributed by atoms with Crippen molar-refractivity contribution >= 4 is 27.4 Å². The topological polar surface area (TPSA) is 106 Å². The van der Waals surface area contributed by atoms with Gasteiger partial charge >= 0.3 is 0 Å². The van der Waals surface area contributed by atoms with E-state index >= 15 is 0 Å². The summed E-state index contributed by atoms with van der Waals surface area (Å²) in [7, 11) is -2.17. The number of hydrazine groups is 1. The maximum absolute atomic E-state index is 12.2. The smallest absolute Gasteiger partial charge is 0.242 e. The summed E-state index contributed by atoms with van der Waals surface area (Å²) >= 11 is 5.87. The molecule has 0 fully saturated rings. The molecule has 1 aromatic rings. The minimum atomic E-state index is -3.70. The standard InChI is InChI=1S/C11H19ClN4O3S/c1-3-4-8(7-19-2)16-20(17,18)9-5-10(12)11(15-13)14-6-9/h5-6,8,16H,3-4,7,13H2,1-2H3,(H,14,15). The Labute approximate surface area is 123 Å². The Morgan fingerprint density at radius 2 is 2.25 bits per heavy atom. The Morgan fingerprint density at radius 3 is 2.75 bits per heavy atom. The van der Waals surface area contributed by atoms with E-state index in [1.807, 2.05) is 6.92 Å². The molecule has 0 aliphatic rings. The second kappa shape index (κ2) is 7.75. The Kier molecular flexibility index (Phi) is 6.63. The third-order valence-corrected chi connectivity index (χ3v) is 4.37. The molecule has 4 N–H and O–H groups in total. The zero-order chi connectivity index (χ0) is 15.2. The van der Waals surface area contributed by atoms with E-state index < -0.39 is 10.0 Å². The molecule has 1 atom stereocenters. The Balaban J connectivity index is 2.94. The fraction of sp³-hybridized carbons (Fsp3) is 0.545. The van der Waals surface area contributed by atoms with E-state index in [0.717, 1.165) is 6.42 Å². The molecule has 0 spiro atoms. The minimum absolute atomic E-state index is 0.0151. The fourth-order valence-corrected chi connectivity index (χ4v) is 3.20. The fourth-order valence-electron chi connectivity index (χ4n) is 1.69. The number of pyridine rings is 1. The van der Waals surface area contributed by atoms with Crippen LogP contribution in [0.3, 0.4) is 0 Å². The summed E-state index contributed by atoms with van der Waals surface area (Å²) < 4.78 is 32.0. The first-order chi connectivity index (χ1) is 9.44. The van der Waals surface area contributed by atoms with Crippen molar-refractivity contribution in [3.05, 3.63) is 17.3 Å². The number of hydrogen-bond acceptors (Lipinski definition) is 6. The minimum Gasteiger partial charge on any atom is -0.383 e. The molecular formula is C11H19ClN4O3S. The van der Waals surface area contributed by atoms with Crippen molar-refractivity contribution in [1.29, 1.82) is 0 Å². The van der Waals surface area contributed by atoms with Crippen molar-refractivity contribution < 1.29 is 13.2 Å². The highest BCUT2D eigenvalue weighted by molar-refractivity contribution is 7.89. The van der Waals surface area contributed by atoms with Gasteiger partial charge in [0.25, 0.3) is 0 Å². The Bertz CT molecular complexity index is 532. The number of nitrogens with one attached hydrogen (secondary N) is 2.